The van der Waals surface area contributed by atoms with Crippen LogP contribution in [0.5, 0.6) is 5.88 Å². The first-order valence-electron chi connectivity index (χ1n) is 14.8. The maximum Gasteiger partial charge on any atom is 0.279 e. The summed E-state index contributed by atoms with van der Waals surface area (Å²) in [6, 6.07) is 14.1. The summed E-state index contributed by atoms with van der Waals surface area (Å²) in [7, 11) is 3.07. The highest BCUT2D eigenvalue weighted by Gasteiger charge is 2.35. The standard InChI is InChI=1S/C33H32Cl2N6O5/c1-17-12-18-13-25(40-32(45-3)27(18)30(17)36-14-19-15-46-16-26(42)38-19)22-8-4-6-20(28(22)34)21-7-5-9-24(29(21)35)39-31(43)23-10-11-37-41(2)33(23)44/h4-11,13,17,19,30,36H,12,14-16H2,1-3H3,(H,38,42)(H,39,43)/t17-,19+,30-/m0/s1. The molecule has 1 saturated heterocycles. The molecule has 2 aromatic heterocycles. The Morgan fingerprint density at radius 1 is 1.11 bits per heavy atom. The van der Waals surface area contributed by atoms with Crippen molar-refractivity contribution in [2.75, 3.05) is 32.2 Å². The number of halogens is 2. The first-order chi connectivity index (χ1) is 22.2. The summed E-state index contributed by atoms with van der Waals surface area (Å²) < 4.78 is 12.3. The molecule has 0 spiro atoms. The summed E-state index contributed by atoms with van der Waals surface area (Å²) in [6.45, 7) is 3.27. The molecule has 1 aliphatic carbocycles. The fourth-order valence-corrected chi connectivity index (χ4v) is 6.66. The fraction of sp³-hybridized carbons (Fsp3) is 0.303. The van der Waals surface area contributed by atoms with E-state index in [2.05, 4.69) is 28.0 Å². The van der Waals surface area contributed by atoms with Crippen molar-refractivity contribution in [3.05, 3.63) is 91.8 Å². The van der Waals surface area contributed by atoms with Gasteiger partial charge >= 0.3 is 0 Å². The molecule has 1 aliphatic heterocycles. The zero-order valence-electron chi connectivity index (χ0n) is 25.4. The first-order valence-corrected chi connectivity index (χ1v) is 15.5. The van der Waals surface area contributed by atoms with E-state index in [-0.39, 0.29) is 41.1 Å². The number of benzene rings is 2. The third kappa shape index (κ3) is 6.11. The van der Waals surface area contributed by atoms with Crippen LogP contribution in [0.25, 0.3) is 22.4 Å². The molecule has 2 amide bonds. The maximum atomic E-state index is 12.9. The van der Waals surface area contributed by atoms with Crippen molar-refractivity contribution >= 4 is 40.7 Å². The average molecular weight is 664 g/mol. The second-order valence-corrected chi connectivity index (χ2v) is 12.2. The summed E-state index contributed by atoms with van der Waals surface area (Å²) in [5, 5.41) is 13.8. The van der Waals surface area contributed by atoms with Gasteiger partial charge in [-0.25, -0.2) is 9.67 Å². The smallest absolute Gasteiger partial charge is 0.279 e. The highest BCUT2D eigenvalue weighted by atomic mass is 35.5. The highest BCUT2D eigenvalue weighted by Crippen LogP contribution is 2.45. The lowest BCUT2D eigenvalue weighted by Gasteiger charge is -2.27. The van der Waals surface area contributed by atoms with Gasteiger partial charge in [-0.2, -0.15) is 5.10 Å². The fourth-order valence-electron chi connectivity index (χ4n) is 6.06. The molecule has 11 nitrogen and oxygen atoms in total. The van der Waals surface area contributed by atoms with Crippen LogP contribution in [-0.4, -0.2) is 59.5 Å². The molecule has 3 N–H and O–H groups in total. The number of fused-ring (bicyclic) bond motifs is 1. The maximum absolute atomic E-state index is 12.9. The van der Waals surface area contributed by atoms with E-state index in [1.165, 1.54) is 19.3 Å². The van der Waals surface area contributed by atoms with Crippen LogP contribution in [-0.2, 0) is 23.0 Å². The molecule has 0 unspecified atom stereocenters. The van der Waals surface area contributed by atoms with Gasteiger partial charge in [0.2, 0.25) is 11.8 Å². The number of nitrogens with zero attached hydrogens (tertiary/aromatic N) is 3. The van der Waals surface area contributed by atoms with Crippen molar-refractivity contribution in [3.63, 3.8) is 0 Å². The lowest BCUT2D eigenvalue weighted by atomic mass is 9.99. The predicted molar refractivity (Wildman–Crippen MR) is 175 cm³/mol. The number of anilines is 1. The van der Waals surface area contributed by atoms with E-state index >= 15 is 0 Å². The minimum atomic E-state index is -0.602. The van der Waals surface area contributed by atoms with E-state index in [0.717, 1.165) is 22.2 Å². The van der Waals surface area contributed by atoms with E-state index in [1.54, 1.807) is 19.2 Å². The third-order valence-electron chi connectivity index (χ3n) is 8.29. The van der Waals surface area contributed by atoms with Gasteiger partial charge in [0.05, 0.1) is 41.2 Å². The summed E-state index contributed by atoms with van der Waals surface area (Å²) in [4.78, 5) is 42.0. The van der Waals surface area contributed by atoms with Gasteiger partial charge in [0.1, 0.15) is 12.2 Å². The number of rotatable bonds is 8. The summed E-state index contributed by atoms with van der Waals surface area (Å²) in [5.74, 6) is 0.0442. The van der Waals surface area contributed by atoms with Gasteiger partial charge < -0.3 is 25.4 Å². The molecule has 238 valence electrons. The molecule has 2 aromatic carbocycles. The molecule has 3 atom stereocenters. The zero-order chi connectivity index (χ0) is 32.5. The molecule has 46 heavy (non-hydrogen) atoms. The van der Waals surface area contributed by atoms with Gasteiger partial charge in [0.15, 0.2) is 0 Å². The summed E-state index contributed by atoms with van der Waals surface area (Å²) in [5.41, 5.74) is 4.42. The number of morpholine rings is 1. The Labute approximate surface area is 275 Å². The van der Waals surface area contributed by atoms with E-state index in [9.17, 15) is 14.4 Å². The monoisotopic (exact) mass is 662 g/mol. The number of nitrogens with one attached hydrogen (secondary N) is 3. The van der Waals surface area contributed by atoms with E-state index in [1.807, 2.05) is 30.3 Å². The lowest BCUT2D eigenvalue weighted by Crippen LogP contribution is -2.51. The van der Waals surface area contributed by atoms with Gasteiger partial charge in [-0.15, -0.1) is 0 Å². The topological polar surface area (TPSA) is 136 Å². The normalized spacial score (nSPS) is 19.0. The minimum Gasteiger partial charge on any atom is -0.481 e. The van der Waals surface area contributed by atoms with Crippen LogP contribution in [0.2, 0.25) is 10.0 Å². The molecular formula is C33H32Cl2N6O5. The summed E-state index contributed by atoms with van der Waals surface area (Å²) >= 11 is 13.9. The number of ether oxygens (including phenoxy) is 2. The molecule has 3 heterocycles. The van der Waals surface area contributed by atoms with Crippen LogP contribution in [0.15, 0.2) is 59.5 Å². The van der Waals surface area contributed by atoms with Crippen molar-refractivity contribution in [1.82, 2.24) is 25.4 Å². The second kappa shape index (κ2) is 13.2. The van der Waals surface area contributed by atoms with Gasteiger partial charge in [-0.3, -0.25) is 14.4 Å². The number of aryl methyl sites for hydroxylation is 1. The Balaban J connectivity index is 1.29. The SMILES string of the molecule is COc1nc(-c2cccc(-c3cccc(NC(=O)c4ccnn(C)c4=O)c3Cl)c2Cl)cc2c1[C@@H](NC[C@@H]1COCC(=O)N1)[C@@H](C)C2. The average Bonchev–Trinajstić information content (AvgIpc) is 3.36. The van der Waals surface area contributed by atoms with Gasteiger partial charge in [-0.1, -0.05) is 60.5 Å². The zero-order valence-corrected chi connectivity index (χ0v) is 26.9. The van der Waals surface area contributed by atoms with E-state index in [4.69, 9.17) is 37.7 Å². The predicted octanol–water partition coefficient (Wildman–Crippen LogP) is 4.41. The van der Waals surface area contributed by atoms with Gasteiger partial charge in [0.25, 0.3) is 11.5 Å². The molecule has 13 heteroatoms. The number of hydrogen-bond acceptors (Lipinski definition) is 8. The number of amides is 2. The lowest BCUT2D eigenvalue weighted by molar-refractivity contribution is -0.131. The Morgan fingerprint density at radius 3 is 2.61 bits per heavy atom. The number of pyridine rings is 1. The van der Waals surface area contributed by atoms with Crippen molar-refractivity contribution in [3.8, 4) is 28.3 Å². The first kappa shape index (κ1) is 31.7. The van der Waals surface area contributed by atoms with Crippen molar-refractivity contribution in [1.29, 1.82) is 0 Å². The van der Waals surface area contributed by atoms with Crippen LogP contribution in [0, 0.1) is 5.92 Å². The number of hydrogen-bond donors (Lipinski definition) is 3. The number of methoxy groups -OCH3 is 1. The summed E-state index contributed by atoms with van der Waals surface area (Å²) in [6.07, 6.45) is 2.18. The Hall–Kier alpha value is -4.29. The van der Waals surface area contributed by atoms with Crippen LogP contribution in [0.1, 0.15) is 34.5 Å². The molecule has 1 fully saturated rings. The Morgan fingerprint density at radius 2 is 1.85 bits per heavy atom. The molecule has 2 aliphatic rings. The van der Waals surface area contributed by atoms with E-state index in [0.29, 0.717) is 52.1 Å². The highest BCUT2D eigenvalue weighted by molar-refractivity contribution is 6.39. The largest absolute Gasteiger partial charge is 0.481 e. The molecule has 4 aromatic rings. The quantitative estimate of drug-likeness (QED) is 0.252. The Kier molecular flexibility index (Phi) is 9.10. The van der Waals surface area contributed by atoms with E-state index < -0.39 is 11.5 Å². The molecular weight excluding hydrogens is 631 g/mol. The number of carbonyl (C=O) groups is 2. The Bertz CT molecular complexity index is 1900. The van der Waals surface area contributed by atoms with Crippen LogP contribution in [0.3, 0.4) is 0 Å². The molecule has 0 radical (unpaired) electrons. The third-order valence-corrected chi connectivity index (χ3v) is 9.10. The minimum absolute atomic E-state index is 0.0174. The molecule has 6 rings (SSSR count). The number of aromatic nitrogens is 3. The van der Waals surface area contributed by atoms with Gasteiger partial charge in [-0.05, 0) is 36.1 Å². The van der Waals surface area contributed by atoms with Crippen LogP contribution in [0.4, 0.5) is 5.69 Å². The van der Waals surface area contributed by atoms with Crippen molar-refractivity contribution < 1.29 is 19.1 Å². The van der Waals surface area contributed by atoms with Crippen molar-refractivity contribution in [2.24, 2.45) is 13.0 Å². The van der Waals surface area contributed by atoms with Gasteiger partial charge in [0, 0.05) is 48.1 Å². The number of carbonyl (C=O) groups excluding carboxylic acids is 2. The van der Waals surface area contributed by atoms with Crippen molar-refractivity contribution in [2.45, 2.75) is 25.4 Å². The van der Waals surface area contributed by atoms with Crippen LogP contribution < -0.4 is 26.2 Å². The second-order valence-electron chi connectivity index (χ2n) is 11.4. The molecule has 0 bridgehead atoms. The van der Waals surface area contributed by atoms with Crippen LogP contribution >= 0.6 is 23.2 Å². The molecule has 0 saturated carbocycles.